The van der Waals surface area contributed by atoms with Crippen molar-refractivity contribution in [3.8, 4) is 0 Å². The molecule has 1 aliphatic heterocycles. The van der Waals surface area contributed by atoms with E-state index in [0.717, 1.165) is 35.9 Å². The molecule has 1 aliphatic rings. The molecule has 0 spiro atoms. The fourth-order valence-electron chi connectivity index (χ4n) is 4.14. The third-order valence-corrected chi connectivity index (χ3v) is 5.87. The molecule has 6 N–H and O–H groups in total. The lowest BCUT2D eigenvalue weighted by molar-refractivity contribution is -0.141. The van der Waals surface area contributed by atoms with Crippen molar-refractivity contribution in [2.45, 2.75) is 57.7 Å². The van der Waals surface area contributed by atoms with Crippen LogP contribution in [0.25, 0.3) is 10.9 Å². The van der Waals surface area contributed by atoms with Crippen LogP contribution in [0.4, 0.5) is 0 Å². The fourth-order valence-corrected chi connectivity index (χ4v) is 4.14. The monoisotopic (exact) mass is 471 g/mol. The molecule has 184 valence electrons. The third kappa shape index (κ3) is 6.80. The molecule has 1 aromatic carbocycles. The number of carbonyl (C=O) groups excluding carboxylic acids is 3. The fraction of sp³-hybridized carbons (Fsp3) is 0.500. The largest absolute Gasteiger partial charge is 0.480 e. The number of H-pyrrole nitrogens is 1. The molecule has 2 heterocycles. The summed E-state index contributed by atoms with van der Waals surface area (Å²) in [6.45, 7) is 4.26. The minimum atomic E-state index is -1.17. The number of fused-ring (bicyclic) bond motifs is 1. The normalized spacial score (nSPS) is 17.3. The Balaban J connectivity index is 1.55. The van der Waals surface area contributed by atoms with Crippen LogP contribution in [0.5, 0.6) is 0 Å². The number of carboxylic acid groups (broad SMARTS) is 1. The zero-order valence-corrected chi connectivity index (χ0v) is 19.5. The van der Waals surface area contributed by atoms with E-state index in [0.29, 0.717) is 6.42 Å². The zero-order valence-electron chi connectivity index (χ0n) is 19.5. The van der Waals surface area contributed by atoms with Gasteiger partial charge in [-0.25, -0.2) is 4.79 Å². The molecule has 3 unspecified atom stereocenters. The number of aromatic nitrogens is 1. The van der Waals surface area contributed by atoms with Gasteiger partial charge in [-0.3, -0.25) is 14.4 Å². The molecule has 3 rings (SSSR count). The molecule has 0 bridgehead atoms. The van der Waals surface area contributed by atoms with Gasteiger partial charge in [-0.2, -0.15) is 0 Å². The minimum absolute atomic E-state index is 0.0967. The molecule has 0 saturated carbocycles. The summed E-state index contributed by atoms with van der Waals surface area (Å²) in [5.74, 6) is -2.34. The third-order valence-electron chi connectivity index (χ3n) is 5.87. The van der Waals surface area contributed by atoms with Crippen molar-refractivity contribution >= 4 is 34.6 Å². The van der Waals surface area contributed by atoms with Crippen molar-refractivity contribution in [1.29, 1.82) is 0 Å². The summed E-state index contributed by atoms with van der Waals surface area (Å²) in [5.41, 5.74) is 1.65. The second-order valence-electron chi connectivity index (χ2n) is 9.08. The van der Waals surface area contributed by atoms with E-state index in [1.165, 1.54) is 0 Å². The number of amides is 3. The van der Waals surface area contributed by atoms with Gasteiger partial charge in [0.2, 0.25) is 17.7 Å². The van der Waals surface area contributed by atoms with E-state index in [9.17, 15) is 24.3 Å². The first-order chi connectivity index (χ1) is 16.2. The Morgan fingerprint density at radius 2 is 1.88 bits per heavy atom. The van der Waals surface area contributed by atoms with Crippen LogP contribution in [0.1, 0.15) is 38.7 Å². The van der Waals surface area contributed by atoms with Gasteiger partial charge >= 0.3 is 5.97 Å². The number of carbonyl (C=O) groups is 4. The molecule has 0 aliphatic carbocycles. The van der Waals surface area contributed by atoms with Crippen molar-refractivity contribution in [3.63, 3.8) is 0 Å². The number of aromatic amines is 1. The number of hydrogen-bond donors (Lipinski definition) is 6. The molecule has 10 heteroatoms. The standard InChI is InChI=1S/C24H33N5O5/c1-14(2)10-19(29-23(32)18-8-5-9-25-18)22(31)27-13-21(30)28-20(24(33)34)11-15-12-26-17-7-4-3-6-16(15)17/h3-4,6-7,12,14,18-20,25-26H,5,8-11,13H2,1-2H3,(H,27,31)(H,28,30)(H,29,32)(H,33,34). The van der Waals surface area contributed by atoms with Crippen LogP contribution < -0.4 is 21.3 Å². The summed E-state index contributed by atoms with van der Waals surface area (Å²) in [7, 11) is 0. The number of nitrogens with one attached hydrogen (secondary N) is 5. The van der Waals surface area contributed by atoms with Crippen molar-refractivity contribution in [1.82, 2.24) is 26.3 Å². The molecule has 34 heavy (non-hydrogen) atoms. The van der Waals surface area contributed by atoms with Gasteiger partial charge in [0.05, 0.1) is 12.6 Å². The van der Waals surface area contributed by atoms with Gasteiger partial charge in [-0.15, -0.1) is 0 Å². The Bertz CT molecular complexity index is 1030. The van der Waals surface area contributed by atoms with E-state index >= 15 is 0 Å². The maximum absolute atomic E-state index is 12.7. The van der Waals surface area contributed by atoms with Gasteiger partial charge < -0.3 is 31.4 Å². The Hall–Kier alpha value is -3.40. The highest BCUT2D eigenvalue weighted by molar-refractivity contribution is 5.93. The summed E-state index contributed by atoms with van der Waals surface area (Å²) in [4.78, 5) is 52.4. The molecule has 2 aromatic rings. The maximum atomic E-state index is 12.7. The molecule has 1 saturated heterocycles. The molecular weight excluding hydrogens is 438 g/mol. The number of hydrogen-bond acceptors (Lipinski definition) is 5. The first kappa shape index (κ1) is 25.2. The Kier molecular flexibility index (Phi) is 8.64. The predicted octanol–water partition coefficient (Wildman–Crippen LogP) is 0.679. The van der Waals surface area contributed by atoms with Crippen molar-refractivity contribution in [2.24, 2.45) is 5.92 Å². The first-order valence-electron chi connectivity index (χ1n) is 11.6. The van der Waals surface area contributed by atoms with Crippen LogP contribution in [0.2, 0.25) is 0 Å². The molecular formula is C24H33N5O5. The molecule has 0 radical (unpaired) electrons. The number of aliphatic carboxylic acids is 1. The van der Waals surface area contributed by atoms with Gasteiger partial charge in [0, 0.05) is 23.5 Å². The van der Waals surface area contributed by atoms with E-state index < -0.39 is 29.9 Å². The zero-order chi connectivity index (χ0) is 24.7. The Morgan fingerprint density at radius 1 is 1.12 bits per heavy atom. The Labute approximate surface area is 198 Å². The van der Waals surface area contributed by atoms with Gasteiger partial charge in [0.25, 0.3) is 0 Å². The van der Waals surface area contributed by atoms with Crippen molar-refractivity contribution in [2.75, 3.05) is 13.1 Å². The second kappa shape index (κ2) is 11.6. The van der Waals surface area contributed by atoms with E-state index in [1.807, 2.05) is 38.1 Å². The summed E-state index contributed by atoms with van der Waals surface area (Å²) >= 11 is 0. The van der Waals surface area contributed by atoms with Gasteiger partial charge in [0.15, 0.2) is 0 Å². The number of rotatable bonds is 11. The van der Waals surface area contributed by atoms with Gasteiger partial charge in [0.1, 0.15) is 12.1 Å². The van der Waals surface area contributed by atoms with E-state index in [1.54, 1.807) is 6.20 Å². The number of para-hydroxylation sites is 1. The SMILES string of the molecule is CC(C)CC(NC(=O)C1CCCN1)C(=O)NCC(=O)NC(Cc1c[nH]c2ccccc12)C(=O)O. The molecule has 1 aromatic heterocycles. The molecule has 3 atom stereocenters. The lowest BCUT2D eigenvalue weighted by Gasteiger charge is -2.22. The summed E-state index contributed by atoms with van der Waals surface area (Å²) < 4.78 is 0. The smallest absolute Gasteiger partial charge is 0.326 e. The van der Waals surface area contributed by atoms with Gasteiger partial charge in [-0.05, 0) is 43.4 Å². The van der Waals surface area contributed by atoms with Crippen LogP contribution in [0, 0.1) is 5.92 Å². The van der Waals surface area contributed by atoms with Crippen LogP contribution in [-0.4, -0.2) is 65.0 Å². The van der Waals surface area contributed by atoms with Crippen molar-refractivity contribution < 1.29 is 24.3 Å². The highest BCUT2D eigenvalue weighted by atomic mass is 16.4. The second-order valence-corrected chi connectivity index (χ2v) is 9.08. The van der Waals surface area contributed by atoms with Crippen LogP contribution in [0.15, 0.2) is 30.5 Å². The number of benzene rings is 1. The average Bonchev–Trinajstić information content (AvgIpc) is 3.47. The highest BCUT2D eigenvalue weighted by Gasteiger charge is 2.28. The van der Waals surface area contributed by atoms with E-state index in [4.69, 9.17) is 0 Å². The minimum Gasteiger partial charge on any atom is -0.480 e. The lowest BCUT2D eigenvalue weighted by atomic mass is 10.0. The van der Waals surface area contributed by atoms with Crippen LogP contribution in [-0.2, 0) is 25.6 Å². The first-order valence-corrected chi connectivity index (χ1v) is 11.6. The van der Waals surface area contributed by atoms with Gasteiger partial charge in [-0.1, -0.05) is 32.0 Å². The maximum Gasteiger partial charge on any atom is 0.326 e. The van der Waals surface area contributed by atoms with E-state index in [2.05, 4.69) is 26.3 Å². The topological polar surface area (TPSA) is 152 Å². The predicted molar refractivity (Wildman–Crippen MR) is 127 cm³/mol. The molecule has 1 fully saturated rings. The summed E-state index contributed by atoms with van der Waals surface area (Å²) in [6, 6.07) is 5.27. The average molecular weight is 472 g/mol. The molecule has 10 nitrogen and oxygen atoms in total. The van der Waals surface area contributed by atoms with Crippen LogP contribution in [0.3, 0.4) is 0 Å². The van der Waals surface area contributed by atoms with E-state index in [-0.39, 0.29) is 30.8 Å². The van der Waals surface area contributed by atoms with Crippen molar-refractivity contribution in [3.05, 3.63) is 36.0 Å². The summed E-state index contributed by atoms with van der Waals surface area (Å²) in [5, 5.41) is 21.4. The summed E-state index contributed by atoms with van der Waals surface area (Å²) in [6.07, 6.45) is 3.87. The lowest BCUT2D eigenvalue weighted by Crippen LogP contribution is -2.53. The number of carboxylic acids is 1. The Morgan fingerprint density at radius 3 is 2.56 bits per heavy atom. The van der Waals surface area contributed by atoms with Crippen LogP contribution >= 0.6 is 0 Å². The molecule has 3 amide bonds. The quantitative estimate of drug-likeness (QED) is 0.283. The highest BCUT2D eigenvalue weighted by Crippen LogP contribution is 2.19.